The van der Waals surface area contributed by atoms with Crippen LogP contribution in [0.15, 0.2) is 218 Å². The van der Waals surface area contributed by atoms with Gasteiger partial charge in [0.05, 0.1) is 16.8 Å². The topological polar surface area (TPSA) is 25.8 Å². The van der Waals surface area contributed by atoms with Crippen LogP contribution < -0.4 is 0 Å². The average Bonchev–Trinajstić information content (AvgIpc) is 3.82. The molecule has 0 radical (unpaired) electrons. The number of hydrogen-bond acceptors (Lipinski definition) is 2. The molecular formula is C59H36N2. The molecular weight excluding hydrogens is 737 g/mol. The molecule has 282 valence electrons. The van der Waals surface area contributed by atoms with E-state index in [0.717, 1.165) is 33.6 Å². The van der Waals surface area contributed by atoms with Crippen LogP contribution in [0, 0.1) is 0 Å². The molecule has 0 bridgehead atoms. The van der Waals surface area contributed by atoms with Gasteiger partial charge in [0.1, 0.15) is 0 Å². The van der Waals surface area contributed by atoms with Gasteiger partial charge >= 0.3 is 0 Å². The summed E-state index contributed by atoms with van der Waals surface area (Å²) >= 11 is 0. The Kier molecular flexibility index (Phi) is 7.26. The van der Waals surface area contributed by atoms with Crippen LogP contribution in [0.4, 0.5) is 0 Å². The van der Waals surface area contributed by atoms with Crippen LogP contribution in [0.2, 0.25) is 0 Å². The summed E-state index contributed by atoms with van der Waals surface area (Å²) in [5.41, 5.74) is 17.4. The number of nitrogens with zero attached hydrogens (tertiary/aromatic N) is 2. The van der Waals surface area contributed by atoms with E-state index in [4.69, 9.17) is 9.97 Å². The highest BCUT2D eigenvalue weighted by atomic mass is 14.9. The van der Waals surface area contributed by atoms with Crippen molar-refractivity contribution in [3.05, 3.63) is 241 Å². The van der Waals surface area contributed by atoms with Crippen LogP contribution in [-0.2, 0) is 5.41 Å². The van der Waals surface area contributed by atoms with E-state index in [-0.39, 0.29) is 0 Å². The summed E-state index contributed by atoms with van der Waals surface area (Å²) in [6, 6.07) is 79.8. The largest absolute Gasteiger partial charge is 0.228 e. The molecule has 0 atom stereocenters. The average molecular weight is 773 g/mol. The van der Waals surface area contributed by atoms with E-state index < -0.39 is 5.41 Å². The van der Waals surface area contributed by atoms with Gasteiger partial charge in [-0.15, -0.1) is 0 Å². The second kappa shape index (κ2) is 13.0. The van der Waals surface area contributed by atoms with E-state index in [1.165, 1.54) is 82.4 Å². The minimum Gasteiger partial charge on any atom is -0.228 e. The third-order valence-corrected chi connectivity index (χ3v) is 13.3. The quantitative estimate of drug-likeness (QED) is 0.167. The van der Waals surface area contributed by atoms with Crippen LogP contribution in [0.5, 0.6) is 0 Å². The second-order valence-corrected chi connectivity index (χ2v) is 16.3. The van der Waals surface area contributed by atoms with Crippen molar-refractivity contribution in [2.45, 2.75) is 5.41 Å². The molecule has 0 aliphatic heterocycles. The van der Waals surface area contributed by atoms with Gasteiger partial charge in [0.25, 0.3) is 0 Å². The summed E-state index contributed by atoms with van der Waals surface area (Å²) in [5, 5.41) is 7.67. The molecule has 61 heavy (non-hydrogen) atoms. The Morgan fingerprint density at radius 2 is 0.754 bits per heavy atom. The van der Waals surface area contributed by atoms with Crippen LogP contribution in [0.25, 0.3) is 99.6 Å². The monoisotopic (exact) mass is 772 g/mol. The Balaban J connectivity index is 1.13. The van der Waals surface area contributed by atoms with Gasteiger partial charge in [0.2, 0.25) is 0 Å². The predicted molar refractivity (Wildman–Crippen MR) is 253 cm³/mol. The van der Waals surface area contributed by atoms with Crippen molar-refractivity contribution in [2.75, 3.05) is 0 Å². The van der Waals surface area contributed by atoms with Crippen molar-refractivity contribution in [1.82, 2.24) is 9.97 Å². The fourth-order valence-electron chi connectivity index (χ4n) is 10.8. The van der Waals surface area contributed by atoms with Crippen LogP contribution >= 0.6 is 0 Å². The second-order valence-electron chi connectivity index (χ2n) is 16.3. The number of aromatic nitrogens is 2. The molecule has 0 amide bonds. The Bertz CT molecular complexity index is 3480. The van der Waals surface area contributed by atoms with Gasteiger partial charge in [-0.3, -0.25) is 0 Å². The molecule has 0 saturated heterocycles. The van der Waals surface area contributed by atoms with Crippen molar-refractivity contribution in [1.29, 1.82) is 0 Å². The summed E-state index contributed by atoms with van der Waals surface area (Å²) in [7, 11) is 0. The normalized spacial score (nSPS) is 13.0. The Hall–Kier alpha value is -7.94. The molecule has 2 heteroatoms. The van der Waals surface area contributed by atoms with Crippen molar-refractivity contribution in [3.8, 4) is 67.3 Å². The standard InChI is InChI=1S/C59H36N2/c1-3-18-37(19-4-1)53-36-54(61-58(60-53)38-20-5-2-6-21-38)40-23-17-22-39(34-40)49-35-52-55(46-29-10-8-26-43(46)49)56-47-30-11-7-24-41(47)42-25-9-12-31-48(42)57(56)59(52)50-32-15-13-27-44(50)45-28-14-16-33-51(45)59/h1-36H. The molecule has 10 aromatic carbocycles. The number of benzene rings is 10. The minimum absolute atomic E-state index is 0.542. The fraction of sp³-hybridized carbons (Fsp3) is 0.0169. The van der Waals surface area contributed by atoms with E-state index in [2.05, 4.69) is 194 Å². The predicted octanol–water partition coefficient (Wildman–Crippen LogP) is 14.9. The maximum absolute atomic E-state index is 5.24. The van der Waals surface area contributed by atoms with Gasteiger partial charge in [-0.1, -0.05) is 200 Å². The van der Waals surface area contributed by atoms with Crippen LogP contribution in [0.1, 0.15) is 22.3 Å². The van der Waals surface area contributed by atoms with Gasteiger partial charge in [-0.25, -0.2) is 9.97 Å². The molecule has 2 aliphatic rings. The fourth-order valence-corrected chi connectivity index (χ4v) is 10.8. The van der Waals surface area contributed by atoms with Crippen molar-refractivity contribution in [2.24, 2.45) is 0 Å². The number of rotatable bonds is 4. The van der Waals surface area contributed by atoms with Gasteiger partial charge < -0.3 is 0 Å². The Morgan fingerprint density at radius 3 is 1.43 bits per heavy atom. The van der Waals surface area contributed by atoms with Gasteiger partial charge in [0, 0.05) is 16.7 Å². The first-order chi connectivity index (χ1) is 30.3. The summed E-state index contributed by atoms with van der Waals surface area (Å²) in [4.78, 5) is 10.3. The Morgan fingerprint density at radius 1 is 0.279 bits per heavy atom. The molecule has 0 N–H and O–H groups in total. The van der Waals surface area contributed by atoms with E-state index in [1.807, 2.05) is 24.3 Å². The first-order valence-corrected chi connectivity index (χ1v) is 21.1. The molecule has 13 rings (SSSR count). The summed E-state index contributed by atoms with van der Waals surface area (Å²) < 4.78 is 0. The van der Waals surface area contributed by atoms with Crippen molar-refractivity contribution < 1.29 is 0 Å². The third-order valence-electron chi connectivity index (χ3n) is 13.3. The molecule has 0 fully saturated rings. The highest BCUT2D eigenvalue weighted by Gasteiger charge is 2.53. The molecule has 11 aromatic rings. The van der Waals surface area contributed by atoms with Gasteiger partial charge in [0.15, 0.2) is 5.82 Å². The Labute approximate surface area is 354 Å². The first-order valence-electron chi connectivity index (χ1n) is 21.1. The van der Waals surface area contributed by atoms with Crippen LogP contribution in [-0.4, -0.2) is 9.97 Å². The summed E-state index contributed by atoms with van der Waals surface area (Å²) in [5.74, 6) is 0.711. The molecule has 2 nitrogen and oxygen atoms in total. The zero-order valence-corrected chi connectivity index (χ0v) is 33.2. The van der Waals surface area contributed by atoms with Gasteiger partial charge in [-0.05, 0) is 106 Å². The highest BCUT2D eigenvalue weighted by molar-refractivity contribution is 6.24. The maximum atomic E-state index is 5.24. The molecule has 2 aliphatic carbocycles. The molecule has 1 aromatic heterocycles. The first kappa shape index (κ1) is 34.0. The smallest absolute Gasteiger partial charge is 0.160 e. The summed E-state index contributed by atoms with van der Waals surface area (Å²) in [6.45, 7) is 0. The zero-order chi connectivity index (χ0) is 40.1. The number of hydrogen-bond donors (Lipinski definition) is 0. The summed E-state index contributed by atoms with van der Waals surface area (Å²) in [6.07, 6.45) is 0. The third kappa shape index (κ3) is 4.79. The lowest BCUT2D eigenvalue weighted by Gasteiger charge is -2.32. The van der Waals surface area contributed by atoms with Crippen molar-refractivity contribution >= 4 is 32.3 Å². The van der Waals surface area contributed by atoms with E-state index in [1.54, 1.807) is 0 Å². The highest BCUT2D eigenvalue weighted by Crippen LogP contribution is 2.67. The zero-order valence-electron chi connectivity index (χ0n) is 33.2. The lowest BCUT2D eigenvalue weighted by atomic mass is 9.68. The van der Waals surface area contributed by atoms with E-state index >= 15 is 0 Å². The lowest BCUT2D eigenvalue weighted by Crippen LogP contribution is -2.26. The number of fused-ring (bicyclic) bond motifs is 17. The van der Waals surface area contributed by atoms with E-state index in [0.29, 0.717) is 5.82 Å². The van der Waals surface area contributed by atoms with Gasteiger partial charge in [-0.2, -0.15) is 0 Å². The molecule has 0 saturated carbocycles. The van der Waals surface area contributed by atoms with E-state index in [9.17, 15) is 0 Å². The minimum atomic E-state index is -0.542. The molecule has 1 spiro atoms. The molecule has 0 unspecified atom stereocenters. The maximum Gasteiger partial charge on any atom is 0.160 e. The molecule has 1 heterocycles. The lowest BCUT2D eigenvalue weighted by molar-refractivity contribution is 0.803. The van der Waals surface area contributed by atoms with Crippen molar-refractivity contribution in [3.63, 3.8) is 0 Å². The van der Waals surface area contributed by atoms with Crippen LogP contribution in [0.3, 0.4) is 0 Å². The SMILES string of the molecule is c1ccc(-c2cc(-c3cccc(-c4cc5c(c6ccccc46)-c4c(c6ccccc6c6ccccc46)C54c5ccccc5-c5ccccc54)c3)nc(-c3ccccc3)n2)cc1.